The van der Waals surface area contributed by atoms with Crippen molar-refractivity contribution in [2.24, 2.45) is 0 Å². The molecule has 0 saturated heterocycles. The van der Waals surface area contributed by atoms with E-state index in [1.54, 1.807) is 10.9 Å². The molecule has 0 aliphatic heterocycles. The Hall–Kier alpha value is -2.92. The summed E-state index contributed by atoms with van der Waals surface area (Å²) >= 11 is 0. The Bertz CT molecular complexity index is 785. The van der Waals surface area contributed by atoms with Crippen molar-refractivity contribution < 1.29 is 9.53 Å². The first kappa shape index (κ1) is 16.0. The van der Waals surface area contributed by atoms with Crippen LogP contribution in [0.2, 0.25) is 0 Å². The average molecular weight is 321 g/mol. The van der Waals surface area contributed by atoms with E-state index in [1.807, 2.05) is 66.9 Å². The summed E-state index contributed by atoms with van der Waals surface area (Å²) in [4.78, 5) is 12.4. The number of ether oxygens (including phenoxy) is 1. The number of carbonyl (C=O) groups is 1. The first-order valence-electron chi connectivity index (χ1n) is 7.72. The van der Waals surface area contributed by atoms with Crippen molar-refractivity contribution in [3.05, 3.63) is 84.2 Å². The van der Waals surface area contributed by atoms with Crippen molar-refractivity contribution in [3.63, 3.8) is 0 Å². The molecule has 0 aliphatic rings. The fourth-order valence-electron chi connectivity index (χ4n) is 2.48. The summed E-state index contributed by atoms with van der Waals surface area (Å²) in [6.45, 7) is 0.401. The van der Waals surface area contributed by atoms with Crippen LogP contribution < -0.4 is 5.32 Å². The van der Waals surface area contributed by atoms with Crippen LogP contribution in [0.1, 0.15) is 17.2 Å². The Kier molecular flexibility index (Phi) is 5.03. The molecule has 1 amide bonds. The van der Waals surface area contributed by atoms with Gasteiger partial charge in [-0.3, -0.25) is 4.79 Å². The number of carbonyl (C=O) groups excluding carboxylic acids is 1. The smallest absolute Gasteiger partial charge is 0.254 e. The minimum Gasteiger partial charge on any atom is -0.367 e. The van der Waals surface area contributed by atoms with Gasteiger partial charge in [0.05, 0.1) is 11.9 Å². The lowest BCUT2D eigenvalue weighted by Gasteiger charge is -2.15. The standard InChI is InChI=1S/C19H19N3O2/c1-24-18(16-8-4-2-5-9-16)19(23)20-12-15-13-21-22(14-15)17-10-6-3-7-11-17/h2-11,13-14,18H,12H2,1H3,(H,20,23)/t18-/m1/s1. The molecule has 2 aromatic carbocycles. The largest absolute Gasteiger partial charge is 0.367 e. The van der Waals surface area contributed by atoms with Gasteiger partial charge in [0.2, 0.25) is 0 Å². The van der Waals surface area contributed by atoms with E-state index in [-0.39, 0.29) is 5.91 Å². The summed E-state index contributed by atoms with van der Waals surface area (Å²) in [6, 6.07) is 19.3. The molecule has 1 aromatic heterocycles. The maximum absolute atomic E-state index is 12.4. The van der Waals surface area contributed by atoms with Crippen molar-refractivity contribution in [3.8, 4) is 5.69 Å². The topological polar surface area (TPSA) is 56.1 Å². The van der Waals surface area contributed by atoms with Crippen LogP contribution in [-0.4, -0.2) is 22.8 Å². The van der Waals surface area contributed by atoms with Crippen LogP contribution in [-0.2, 0) is 16.1 Å². The second-order valence-corrected chi connectivity index (χ2v) is 5.37. The SMILES string of the molecule is CO[C@@H](C(=O)NCc1cnn(-c2ccccc2)c1)c1ccccc1. The van der Waals surface area contributed by atoms with Gasteiger partial charge in [0.15, 0.2) is 6.10 Å². The highest BCUT2D eigenvalue weighted by molar-refractivity contribution is 5.82. The monoisotopic (exact) mass is 321 g/mol. The van der Waals surface area contributed by atoms with Crippen molar-refractivity contribution in [1.29, 1.82) is 0 Å². The van der Waals surface area contributed by atoms with E-state index in [0.717, 1.165) is 16.8 Å². The van der Waals surface area contributed by atoms with Crippen molar-refractivity contribution in [2.45, 2.75) is 12.6 Å². The van der Waals surface area contributed by atoms with Crippen LogP contribution in [0.25, 0.3) is 5.69 Å². The highest BCUT2D eigenvalue weighted by Crippen LogP contribution is 2.16. The van der Waals surface area contributed by atoms with Crippen molar-refractivity contribution in [1.82, 2.24) is 15.1 Å². The van der Waals surface area contributed by atoms with E-state index < -0.39 is 6.10 Å². The number of para-hydroxylation sites is 1. The number of nitrogens with one attached hydrogen (secondary N) is 1. The Morgan fingerprint density at radius 3 is 2.46 bits per heavy atom. The summed E-state index contributed by atoms with van der Waals surface area (Å²) in [7, 11) is 1.53. The van der Waals surface area contributed by atoms with Gasteiger partial charge >= 0.3 is 0 Å². The minimum atomic E-state index is -0.615. The van der Waals surface area contributed by atoms with Gasteiger partial charge in [-0.2, -0.15) is 5.10 Å². The summed E-state index contributed by atoms with van der Waals surface area (Å²) in [5.41, 5.74) is 2.74. The van der Waals surface area contributed by atoms with Gasteiger partial charge in [0, 0.05) is 25.4 Å². The molecule has 0 saturated carbocycles. The van der Waals surface area contributed by atoms with Gasteiger partial charge in [-0.25, -0.2) is 4.68 Å². The summed E-state index contributed by atoms with van der Waals surface area (Å²) in [5.74, 6) is -0.170. The molecule has 0 radical (unpaired) electrons. The Labute approximate surface area is 140 Å². The molecule has 1 N–H and O–H groups in total. The van der Waals surface area contributed by atoms with Crippen LogP contribution >= 0.6 is 0 Å². The molecule has 1 heterocycles. The molecule has 0 aliphatic carbocycles. The molecule has 0 unspecified atom stereocenters. The zero-order valence-corrected chi connectivity index (χ0v) is 13.4. The lowest BCUT2D eigenvalue weighted by Crippen LogP contribution is -2.29. The second-order valence-electron chi connectivity index (χ2n) is 5.37. The molecule has 0 fully saturated rings. The van der Waals surface area contributed by atoms with E-state index in [1.165, 1.54) is 7.11 Å². The fourth-order valence-corrected chi connectivity index (χ4v) is 2.48. The van der Waals surface area contributed by atoms with Crippen molar-refractivity contribution >= 4 is 5.91 Å². The maximum atomic E-state index is 12.4. The molecule has 0 bridgehead atoms. The first-order valence-corrected chi connectivity index (χ1v) is 7.72. The summed E-state index contributed by atoms with van der Waals surface area (Å²) in [5, 5.41) is 7.22. The van der Waals surface area contributed by atoms with Gasteiger partial charge in [0.25, 0.3) is 5.91 Å². The lowest BCUT2D eigenvalue weighted by atomic mass is 10.1. The number of rotatable bonds is 6. The number of benzene rings is 2. The van der Waals surface area contributed by atoms with Crippen LogP contribution in [0.5, 0.6) is 0 Å². The highest BCUT2D eigenvalue weighted by atomic mass is 16.5. The zero-order valence-electron chi connectivity index (χ0n) is 13.4. The Morgan fingerprint density at radius 2 is 1.79 bits per heavy atom. The van der Waals surface area contributed by atoms with E-state index in [0.29, 0.717) is 6.54 Å². The average Bonchev–Trinajstić information content (AvgIpc) is 3.11. The van der Waals surface area contributed by atoms with E-state index >= 15 is 0 Å². The van der Waals surface area contributed by atoms with Gasteiger partial charge in [-0.05, 0) is 17.7 Å². The number of hydrogen-bond donors (Lipinski definition) is 1. The van der Waals surface area contributed by atoms with Crippen molar-refractivity contribution in [2.75, 3.05) is 7.11 Å². The number of amides is 1. The Balaban J connectivity index is 1.63. The molecular weight excluding hydrogens is 302 g/mol. The van der Waals surface area contributed by atoms with Crippen LogP contribution in [0.3, 0.4) is 0 Å². The quantitative estimate of drug-likeness (QED) is 0.759. The molecule has 122 valence electrons. The molecular formula is C19H19N3O2. The molecule has 3 rings (SSSR count). The van der Waals surface area contributed by atoms with Crippen LogP contribution in [0.4, 0.5) is 0 Å². The second kappa shape index (κ2) is 7.57. The molecule has 24 heavy (non-hydrogen) atoms. The van der Waals surface area contributed by atoms with Gasteiger partial charge < -0.3 is 10.1 Å². The molecule has 5 nitrogen and oxygen atoms in total. The Morgan fingerprint density at radius 1 is 1.12 bits per heavy atom. The third kappa shape index (κ3) is 3.70. The van der Waals surface area contributed by atoms with Gasteiger partial charge in [-0.1, -0.05) is 48.5 Å². The lowest BCUT2D eigenvalue weighted by molar-refractivity contribution is -0.131. The maximum Gasteiger partial charge on any atom is 0.254 e. The zero-order chi connectivity index (χ0) is 16.8. The normalized spacial score (nSPS) is 11.9. The third-order valence-corrected chi connectivity index (χ3v) is 3.70. The predicted octanol–water partition coefficient (Wildman–Crippen LogP) is 2.88. The summed E-state index contributed by atoms with van der Waals surface area (Å²) in [6.07, 6.45) is 3.03. The highest BCUT2D eigenvalue weighted by Gasteiger charge is 2.19. The minimum absolute atomic E-state index is 0.170. The van der Waals surface area contributed by atoms with E-state index in [9.17, 15) is 4.79 Å². The molecule has 3 aromatic rings. The number of methoxy groups -OCH3 is 1. The fraction of sp³-hybridized carbons (Fsp3) is 0.158. The predicted molar refractivity (Wildman–Crippen MR) is 91.6 cm³/mol. The van der Waals surface area contributed by atoms with E-state index in [2.05, 4.69) is 10.4 Å². The number of aromatic nitrogens is 2. The van der Waals surface area contributed by atoms with Crippen LogP contribution in [0.15, 0.2) is 73.1 Å². The first-order chi connectivity index (χ1) is 11.8. The van der Waals surface area contributed by atoms with E-state index in [4.69, 9.17) is 4.74 Å². The number of nitrogens with zero attached hydrogens (tertiary/aromatic N) is 2. The number of hydrogen-bond acceptors (Lipinski definition) is 3. The van der Waals surface area contributed by atoms with Gasteiger partial charge in [-0.15, -0.1) is 0 Å². The summed E-state index contributed by atoms with van der Waals surface area (Å²) < 4.78 is 7.11. The van der Waals surface area contributed by atoms with Gasteiger partial charge in [0.1, 0.15) is 0 Å². The third-order valence-electron chi connectivity index (χ3n) is 3.70. The molecule has 1 atom stereocenters. The molecule has 0 spiro atoms. The van der Waals surface area contributed by atoms with Crippen LogP contribution in [0, 0.1) is 0 Å². The molecule has 5 heteroatoms.